The molecule has 1 atom stereocenters. The summed E-state index contributed by atoms with van der Waals surface area (Å²) >= 11 is 0. The van der Waals surface area contributed by atoms with Gasteiger partial charge in [-0.25, -0.2) is 0 Å². The minimum absolute atomic E-state index is 0.321. The van der Waals surface area contributed by atoms with Gasteiger partial charge in [0, 0.05) is 24.5 Å². The van der Waals surface area contributed by atoms with Crippen molar-refractivity contribution in [1.82, 2.24) is 15.1 Å². The number of para-hydroxylation sites is 1. The van der Waals surface area contributed by atoms with Gasteiger partial charge >= 0.3 is 0 Å². The van der Waals surface area contributed by atoms with Gasteiger partial charge in [0.1, 0.15) is 0 Å². The van der Waals surface area contributed by atoms with E-state index in [1.165, 1.54) is 0 Å². The van der Waals surface area contributed by atoms with Crippen LogP contribution in [0.3, 0.4) is 0 Å². The zero-order chi connectivity index (χ0) is 13.3. The molecule has 1 unspecified atom stereocenters. The van der Waals surface area contributed by atoms with Gasteiger partial charge in [-0.1, -0.05) is 18.2 Å². The number of nitrogens with zero attached hydrogens (tertiary/aromatic N) is 2. The second kappa shape index (κ2) is 4.71. The molecule has 18 heavy (non-hydrogen) atoms. The molecule has 1 aromatic heterocycles. The van der Waals surface area contributed by atoms with Crippen LogP contribution in [0.5, 0.6) is 0 Å². The number of aryl methyl sites for hydroxylation is 1. The standard InChI is InChI=1S/C14H21N3O/c1-10(18)14(2,3)15-9-12-11-7-5-6-8-13(11)17(4)16-12/h5-8,10,15,18H,9H2,1-4H3. The molecule has 98 valence electrons. The number of aliphatic hydroxyl groups is 1. The quantitative estimate of drug-likeness (QED) is 0.866. The average molecular weight is 247 g/mol. The number of hydrogen-bond donors (Lipinski definition) is 2. The summed E-state index contributed by atoms with van der Waals surface area (Å²) in [4.78, 5) is 0. The predicted octanol–water partition coefficient (Wildman–Crippen LogP) is 1.82. The number of aromatic nitrogens is 2. The van der Waals surface area contributed by atoms with E-state index in [1.807, 2.05) is 37.7 Å². The molecular formula is C14H21N3O. The SMILES string of the molecule is CC(O)C(C)(C)NCc1nn(C)c2ccccc12. The van der Waals surface area contributed by atoms with Crippen molar-refractivity contribution in [2.75, 3.05) is 0 Å². The van der Waals surface area contributed by atoms with Crippen LogP contribution in [-0.2, 0) is 13.6 Å². The van der Waals surface area contributed by atoms with E-state index in [0.717, 1.165) is 16.6 Å². The molecule has 0 radical (unpaired) electrons. The predicted molar refractivity (Wildman–Crippen MR) is 73.3 cm³/mol. The highest BCUT2D eigenvalue weighted by atomic mass is 16.3. The molecule has 0 aliphatic rings. The molecule has 2 aromatic rings. The van der Waals surface area contributed by atoms with Crippen molar-refractivity contribution in [3.63, 3.8) is 0 Å². The summed E-state index contributed by atoms with van der Waals surface area (Å²) in [5.41, 5.74) is 1.82. The van der Waals surface area contributed by atoms with Crippen molar-refractivity contribution in [2.45, 2.75) is 39.0 Å². The minimum Gasteiger partial charge on any atom is -0.392 e. The number of nitrogens with one attached hydrogen (secondary N) is 1. The van der Waals surface area contributed by atoms with E-state index in [0.29, 0.717) is 6.54 Å². The molecule has 0 bridgehead atoms. The first-order chi connectivity index (χ1) is 8.42. The van der Waals surface area contributed by atoms with Crippen LogP contribution in [0.4, 0.5) is 0 Å². The van der Waals surface area contributed by atoms with Gasteiger partial charge in [0.2, 0.25) is 0 Å². The summed E-state index contributed by atoms with van der Waals surface area (Å²) in [5.74, 6) is 0. The monoisotopic (exact) mass is 247 g/mol. The van der Waals surface area contributed by atoms with E-state index in [1.54, 1.807) is 6.92 Å². The molecule has 2 rings (SSSR count). The molecule has 1 aromatic carbocycles. The maximum absolute atomic E-state index is 9.69. The normalized spacial score (nSPS) is 14.1. The first kappa shape index (κ1) is 13.1. The van der Waals surface area contributed by atoms with Crippen molar-refractivity contribution in [1.29, 1.82) is 0 Å². The average Bonchev–Trinajstić information content (AvgIpc) is 2.65. The van der Waals surface area contributed by atoms with Crippen molar-refractivity contribution in [2.24, 2.45) is 7.05 Å². The largest absolute Gasteiger partial charge is 0.392 e. The first-order valence-corrected chi connectivity index (χ1v) is 6.25. The summed E-state index contributed by atoms with van der Waals surface area (Å²) in [6, 6.07) is 8.18. The van der Waals surface area contributed by atoms with Gasteiger partial charge in [0.25, 0.3) is 0 Å². The topological polar surface area (TPSA) is 50.1 Å². The van der Waals surface area contributed by atoms with Gasteiger partial charge in [-0.2, -0.15) is 5.10 Å². The van der Waals surface area contributed by atoms with Crippen LogP contribution in [-0.4, -0.2) is 26.5 Å². The Morgan fingerprint density at radius 1 is 1.39 bits per heavy atom. The van der Waals surface area contributed by atoms with E-state index < -0.39 is 6.10 Å². The van der Waals surface area contributed by atoms with Gasteiger partial charge < -0.3 is 10.4 Å². The lowest BCUT2D eigenvalue weighted by Gasteiger charge is -2.29. The van der Waals surface area contributed by atoms with Crippen LogP contribution in [0.25, 0.3) is 10.9 Å². The Morgan fingerprint density at radius 2 is 2.06 bits per heavy atom. The van der Waals surface area contributed by atoms with Crippen LogP contribution < -0.4 is 5.32 Å². The number of fused-ring (bicyclic) bond motifs is 1. The molecule has 2 N–H and O–H groups in total. The Kier molecular flexibility index (Phi) is 3.41. The minimum atomic E-state index is -0.410. The van der Waals surface area contributed by atoms with E-state index >= 15 is 0 Å². The van der Waals surface area contributed by atoms with Crippen LogP contribution in [0.2, 0.25) is 0 Å². The molecule has 1 heterocycles. The van der Waals surface area contributed by atoms with Gasteiger partial charge in [0.05, 0.1) is 17.3 Å². The maximum Gasteiger partial charge on any atom is 0.0841 e. The van der Waals surface area contributed by atoms with E-state index in [-0.39, 0.29) is 5.54 Å². The lowest BCUT2D eigenvalue weighted by molar-refractivity contribution is 0.0954. The molecule has 4 nitrogen and oxygen atoms in total. The van der Waals surface area contributed by atoms with Crippen molar-refractivity contribution in [3.05, 3.63) is 30.0 Å². The summed E-state index contributed by atoms with van der Waals surface area (Å²) < 4.78 is 1.89. The third kappa shape index (κ3) is 2.40. The second-order valence-corrected chi connectivity index (χ2v) is 5.34. The molecule has 0 saturated carbocycles. The summed E-state index contributed by atoms with van der Waals surface area (Å²) in [5, 5.41) is 18.7. The smallest absolute Gasteiger partial charge is 0.0841 e. The molecule has 0 aliphatic carbocycles. The number of aliphatic hydroxyl groups excluding tert-OH is 1. The Balaban J connectivity index is 2.23. The Hall–Kier alpha value is -1.39. The Morgan fingerprint density at radius 3 is 2.72 bits per heavy atom. The van der Waals surface area contributed by atoms with Crippen molar-refractivity contribution < 1.29 is 5.11 Å². The van der Waals surface area contributed by atoms with Gasteiger partial charge in [0.15, 0.2) is 0 Å². The molecule has 0 saturated heterocycles. The fourth-order valence-corrected chi connectivity index (χ4v) is 1.88. The summed E-state index contributed by atoms with van der Waals surface area (Å²) in [6.07, 6.45) is -0.410. The molecule has 0 amide bonds. The number of hydrogen-bond acceptors (Lipinski definition) is 3. The van der Waals surface area contributed by atoms with Crippen LogP contribution in [0.15, 0.2) is 24.3 Å². The van der Waals surface area contributed by atoms with Gasteiger partial charge in [-0.05, 0) is 26.8 Å². The molecule has 0 fully saturated rings. The highest BCUT2D eigenvalue weighted by Gasteiger charge is 2.23. The van der Waals surface area contributed by atoms with E-state index in [4.69, 9.17) is 0 Å². The molecule has 0 spiro atoms. The highest BCUT2D eigenvalue weighted by Crippen LogP contribution is 2.18. The fraction of sp³-hybridized carbons (Fsp3) is 0.500. The number of benzene rings is 1. The zero-order valence-electron chi connectivity index (χ0n) is 11.4. The first-order valence-electron chi connectivity index (χ1n) is 6.25. The maximum atomic E-state index is 9.69. The zero-order valence-corrected chi connectivity index (χ0v) is 11.4. The van der Waals surface area contributed by atoms with E-state index in [2.05, 4.69) is 22.5 Å². The lowest BCUT2D eigenvalue weighted by Crippen LogP contribution is -2.47. The van der Waals surface area contributed by atoms with E-state index in [9.17, 15) is 5.11 Å². The van der Waals surface area contributed by atoms with Crippen LogP contribution in [0.1, 0.15) is 26.5 Å². The van der Waals surface area contributed by atoms with Gasteiger partial charge in [-0.15, -0.1) is 0 Å². The Labute approximate surface area is 108 Å². The Bertz CT molecular complexity index is 543. The third-order valence-corrected chi connectivity index (χ3v) is 3.59. The van der Waals surface area contributed by atoms with Crippen LogP contribution >= 0.6 is 0 Å². The lowest BCUT2D eigenvalue weighted by atomic mass is 9.98. The summed E-state index contributed by atoms with van der Waals surface area (Å²) in [6.45, 7) is 6.42. The molecule has 0 aliphatic heterocycles. The molecular weight excluding hydrogens is 226 g/mol. The molecule has 4 heteroatoms. The van der Waals surface area contributed by atoms with Crippen molar-refractivity contribution in [3.8, 4) is 0 Å². The summed E-state index contributed by atoms with van der Waals surface area (Å²) in [7, 11) is 1.95. The fourth-order valence-electron chi connectivity index (χ4n) is 1.88. The highest BCUT2D eigenvalue weighted by molar-refractivity contribution is 5.81. The number of rotatable bonds is 4. The van der Waals surface area contributed by atoms with Crippen molar-refractivity contribution >= 4 is 10.9 Å². The second-order valence-electron chi connectivity index (χ2n) is 5.34. The van der Waals surface area contributed by atoms with Crippen LogP contribution in [0, 0.1) is 0 Å². The third-order valence-electron chi connectivity index (χ3n) is 3.59. The van der Waals surface area contributed by atoms with Gasteiger partial charge in [-0.3, -0.25) is 4.68 Å².